The predicted octanol–water partition coefficient (Wildman–Crippen LogP) is 6.10. The van der Waals surface area contributed by atoms with Crippen molar-refractivity contribution in [3.63, 3.8) is 0 Å². The molecule has 0 radical (unpaired) electrons. The van der Waals surface area contributed by atoms with Gasteiger partial charge in [0, 0.05) is 11.0 Å². The lowest BCUT2D eigenvalue weighted by atomic mass is 9.40. The van der Waals surface area contributed by atoms with Crippen molar-refractivity contribution in [1.29, 1.82) is 0 Å². The number of allylic oxidation sites excluding steroid dienone is 7. The van der Waals surface area contributed by atoms with Gasteiger partial charge in [-0.25, -0.2) is 4.79 Å². The summed E-state index contributed by atoms with van der Waals surface area (Å²) in [6.07, 6.45) is 15.2. The van der Waals surface area contributed by atoms with Crippen LogP contribution in [0.3, 0.4) is 0 Å². The van der Waals surface area contributed by atoms with E-state index in [1.165, 1.54) is 44.1 Å². The Morgan fingerprint density at radius 3 is 2.47 bits per heavy atom. The number of fused-ring (bicyclic) bond motifs is 7. The van der Waals surface area contributed by atoms with Crippen molar-refractivity contribution in [2.24, 2.45) is 34.0 Å². The molecule has 6 atom stereocenters. The minimum atomic E-state index is -1.07. The number of hydrogen-bond donors (Lipinski definition) is 2. The van der Waals surface area contributed by atoms with Crippen LogP contribution in [-0.4, -0.2) is 35.0 Å². The van der Waals surface area contributed by atoms with Crippen molar-refractivity contribution in [2.75, 3.05) is 6.61 Å². The fraction of sp³-hybridized carbons (Fsp3) is 0.633. The fourth-order valence-corrected chi connectivity index (χ4v) is 8.38. The molecule has 196 valence electrons. The Morgan fingerprint density at radius 1 is 1.11 bits per heavy atom. The van der Waals surface area contributed by atoms with Crippen molar-refractivity contribution < 1.29 is 29.3 Å². The van der Waals surface area contributed by atoms with Gasteiger partial charge in [-0.1, -0.05) is 51.8 Å². The maximum Gasteiger partial charge on any atom is 0.341 e. The first-order chi connectivity index (χ1) is 16.9. The highest BCUT2D eigenvalue weighted by Crippen LogP contribution is 2.69. The molecule has 0 aliphatic heterocycles. The molecule has 0 amide bonds. The highest BCUT2D eigenvalue weighted by molar-refractivity contribution is 6.07. The summed E-state index contributed by atoms with van der Waals surface area (Å²) in [7, 11) is 0. The molecular weight excluding hydrogens is 456 g/mol. The Kier molecular flexibility index (Phi) is 6.87. The van der Waals surface area contributed by atoms with E-state index in [9.17, 15) is 9.59 Å². The van der Waals surface area contributed by atoms with Gasteiger partial charge in [-0.05, 0) is 91.3 Å². The summed E-state index contributed by atoms with van der Waals surface area (Å²) in [6, 6.07) is 0. The summed E-state index contributed by atoms with van der Waals surface area (Å²) in [6.45, 7) is 11.0. The van der Waals surface area contributed by atoms with Gasteiger partial charge in [0.05, 0.1) is 0 Å². The quantitative estimate of drug-likeness (QED) is 0.458. The first-order valence-corrected chi connectivity index (χ1v) is 13.2. The third-order valence-electron chi connectivity index (χ3n) is 10.3. The average Bonchev–Trinajstić information content (AvgIpc) is 2.80. The largest absolute Gasteiger partial charge is 0.483 e. The SMILES string of the molecule is CC1=C(OCC(=O)O)C(=O)C=C2C1=CC=C1C2(C)CCC2C3CC(C)CCC3(C)CCC12C.O=CO. The van der Waals surface area contributed by atoms with E-state index in [4.69, 9.17) is 19.7 Å². The minimum absolute atomic E-state index is 0.154. The van der Waals surface area contributed by atoms with Crippen LogP contribution in [0.25, 0.3) is 0 Å². The Morgan fingerprint density at radius 2 is 1.81 bits per heavy atom. The molecule has 6 heteroatoms. The normalized spacial score (nSPS) is 39.0. The summed E-state index contributed by atoms with van der Waals surface area (Å²) in [5.41, 5.74) is 4.91. The third-order valence-corrected chi connectivity index (χ3v) is 10.3. The fourth-order valence-electron chi connectivity index (χ4n) is 8.38. The van der Waals surface area contributed by atoms with E-state index in [-0.39, 0.29) is 28.8 Å². The monoisotopic (exact) mass is 496 g/mol. The van der Waals surface area contributed by atoms with Crippen molar-refractivity contribution in [3.8, 4) is 0 Å². The number of hydrogen-bond acceptors (Lipinski definition) is 4. The van der Waals surface area contributed by atoms with Crippen molar-refractivity contribution in [2.45, 2.75) is 79.6 Å². The maximum atomic E-state index is 13.0. The van der Waals surface area contributed by atoms with Crippen LogP contribution in [0.4, 0.5) is 0 Å². The first-order valence-electron chi connectivity index (χ1n) is 13.2. The number of ketones is 1. The summed E-state index contributed by atoms with van der Waals surface area (Å²) in [5.74, 6) is 1.22. The van der Waals surface area contributed by atoms with E-state index in [1.807, 2.05) is 6.92 Å². The molecule has 5 aliphatic rings. The molecule has 0 heterocycles. The summed E-state index contributed by atoms with van der Waals surface area (Å²) in [5, 5.41) is 15.9. The van der Waals surface area contributed by atoms with Gasteiger partial charge in [0.2, 0.25) is 5.78 Å². The number of ether oxygens (including phenoxy) is 1. The highest BCUT2D eigenvalue weighted by atomic mass is 16.5. The first kappa shape index (κ1) is 26.4. The molecule has 6 nitrogen and oxygen atoms in total. The van der Waals surface area contributed by atoms with Crippen molar-refractivity contribution >= 4 is 18.2 Å². The summed E-state index contributed by atoms with van der Waals surface area (Å²) < 4.78 is 5.40. The topological polar surface area (TPSA) is 101 Å². The van der Waals surface area contributed by atoms with Gasteiger partial charge >= 0.3 is 5.97 Å². The highest BCUT2D eigenvalue weighted by Gasteiger charge is 2.60. The molecule has 3 fully saturated rings. The molecule has 0 bridgehead atoms. The molecule has 5 aliphatic carbocycles. The van der Waals surface area contributed by atoms with Crippen LogP contribution >= 0.6 is 0 Å². The molecular formula is C30H40O6. The molecule has 2 N–H and O–H groups in total. The van der Waals surface area contributed by atoms with Crippen LogP contribution in [0.5, 0.6) is 0 Å². The van der Waals surface area contributed by atoms with Crippen molar-refractivity contribution in [3.05, 3.63) is 46.3 Å². The van der Waals surface area contributed by atoms with E-state index in [0.717, 1.165) is 35.0 Å². The van der Waals surface area contributed by atoms with Gasteiger partial charge in [0.1, 0.15) is 0 Å². The van der Waals surface area contributed by atoms with Gasteiger partial charge in [-0.2, -0.15) is 0 Å². The van der Waals surface area contributed by atoms with E-state index >= 15 is 0 Å². The average molecular weight is 497 g/mol. The van der Waals surface area contributed by atoms with Crippen LogP contribution in [0.15, 0.2) is 46.3 Å². The van der Waals surface area contributed by atoms with Gasteiger partial charge in [0.25, 0.3) is 6.47 Å². The van der Waals surface area contributed by atoms with Crippen LogP contribution in [0, 0.1) is 34.0 Å². The third kappa shape index (κ3) is 4.06. The molecule has 0 spiro atoms. The number of rotatable bonds is 3. The van der Waals surface area contributed by atoms with Crippen LogP contribution < -0.4 is 0 Å². The summed E-state index contributed by atoms with van der Waals surface area (Å²) in [4.78, 5) is 32.4. The smallest absolute Gasteiger partial charge is 0.341 e. The summed E-state index contributed by atoms with van der Waals surface area (Å²) >= 11 is 0. The van der Waals surface area contributed by atoms with E-state index in [2.05, 4.69) is 39.8 Å². The van der Waals surface area contributed by atoms with Gasteiger partial charge < -0.3 is 14.9 Å². The molecule has 5 rings (SSSR count). The maximum absolute atomic E-state index is 13.0. The molecule has 0 aromatic rings. The van der Waals surface area contributed by atoms with E-state index in [1.54, 1.807) is 6.08 Å². The molecule has 6 unspecified atom stereocenters. The number of carboxylic acid groups (broad SMARTS) is 2. The van der Waals surface area contributed by atoms with Crippen molar-refractivity contribution in [1.82, 2.24) is 0 Å². The Bertz CT molecular complexity index is 1090. The van der Waals surface area contributed by atoms with E-state index in [0.29, 0.717) is 11.3 Å². The van der Waals surface area contributed by atoms with Gasteiger partial charge in [-0.15, -0.1) is 0 Å². The number of carbonyl (C=O) groups is 3. The lowest BCUT2D eigenvalue weighted by Gasteiger charge is -2.64. The number of aliphatic carboxylic acids is 1. The van der Waals surface area contributed by atoms with Crippen LogP contribution in [0.1, 0.15) is 79.6 Å². The standard InChI is InChI=1S/C29H38O4.CH2O2/c1-17-8-10-27(3)12-13-29(5)20(22(27)14-17)9-11-28(4)21-15-23(30)26(33-16-25(31)32)18(2)19(21)6-7-24(28)29;2-1-3/h6-7,15,17,20,22H,8-14,16H2,1-5H3,(H,31,32);1H,(H,2,3). The lowest BCUT2D eigenvalue weighted by Crippen LogP contribution is -2.55. The Labute approximate surface area is 214 Å². The molecule has 0 aromatic heterocycles. The Hall–Kier alpha value is -2.63. The number of carbonyl (C=O) groups excluding carboxylic acids is 1. The molecule has 0 aromatic carbocycles. The second kappa shape index (κ2) is 9.35. The Balaban J connectivity index is 0.000000967. The minimum Gasteiger partial charge on any atom is -0.483 e. The zero-order valence-corrected chi connectivity index (χ0v) is 22.2. The number of carboxylic acids is 1. The van der Waals surface area contributed by atoms with Crippen LogP contribution in [-0.2, 0) is 19.1 Å². The van der Waals surface area contributed by atoms with E-state index < -0.39 is 12.6 Å². The van der Waals surface area contributed by atoms with Crippen LogP contribution in [0.2, 0.25) is 0 Å². The molecule has 36 heavy (non-hydrogen) atoms. The molecule has 3 saturated carbocycles. The van der Waals surface area contributed by atoms with Gasteiger partial charge in [0.15, 0.2) is 12.4 Å². The predicted molar refractivity (Wildman–Crippen MR) is 137 cm³/mol. The second-order valence-electron chi connectivity index (χ2n) is 12.4. The lowest BCUT2D eigenvalue weighted by molar-refractivity contribution is -0.141. The molecule has 0 saturated heterocycles. The zero-order valence-electron chi connectivity index (χ0n) is 22.2. The zero-order chi connectivity index (χ0) is 26.5. The second-order valence-corrected chi connectivity index (χ2v) is 12.4. The van der Waals surface area contributed by atoms with Gasteiger partial charge in [-0.3, -0.25) is 9.59 Å².